The minimum Gasteiger partial charge on any atom is -0.465 e. The first-order valence-electron chi connectivity index (χ1n) is 3.46. The van der Waals surface area contributed by atoms with Gasteiger partial charge in [0.05, 0.1) is 12.9 Å². The summed E-state index contributed by atoms with van der Waals surface area (Å²) in [6, 6.07) is 0. The second-order valence-electron chi connectivity index (χ2n) is 2.11. The van der Waals surface area contributed by atoms with Gasteiger partial charge in [-0.1, -0.05) is 6.58 Å². The number of ether oxygens (including phenoxy) is 4. The quantitative estimate of drug-likeness (QED) is 0.201. The highest BCUT2D eigenvalue weighted by Crippen LogP contribution is 2.08. The van der Waals surface area contributed by atoms with Crippen molar-refractivity contribution in [2.24, 2.45) is 0 Å². The van der Waals surface area contributed by atoms with Crippen LogP contribution in [0.5, 0.6) is 0 Å². The Morgan fingerprint density at radius 2 is 2.42 bits per heavy atom. The predicted octanol–water partition coefficient (Wildman–Crippen LogP) is 0.656. The van der Waals surface area contributed by atoms with Gasteiger partial charge in [-0.3, -0.25) is 0 Å². The Morgan fingerprint density at radius 3 is 3.00 bits per heavy atom. The van der Waals surface area contributed by atoms with Gasteiger partial charge in [0.1, 0.15) is 12.7 Å². The minimum atomic E-state index is -0.757. The molecule has 0 aromatic heterocycles. The second-order valence-corrected chi connectivity index (χ2v) is 2.11. The number of rotatable bonds is 5. The van der Waals surface area contributed by atoms with Crippen molar-refractivity contribution in [3.63, 3.8) is 0 Å². The Kier molecular flexibility index (Phi) is 3.40. The lowest BCUT2D eigenvalue weighted by Gasteiger charge is -2.03. The molecular formula is C7H10O5. The van der Waals surface area contributed by atoms with Gasteiger partial charge in [0.25, 0.3) is 0 Å². The molecular weight excluding hydrogens is 164 g/mol. The Morgan fingerprint density at radius 1 is 1.67 bits per heavy atom. The molecule has 0 N–H and O–H groups in total. The maximum atomic E-state index is 10.6. The fraction of sp³-hybridized carbons (Fsp3) is 0.571. The Labute approximate surface area is 69.8 Å². The molecule has 1 aliphatic rings. The monoisotopic (exact) mass is 174 g/mol. The van der Waals surface area contributed by atoms with Crippen LogP contribution >= 0.6 is 0 Å². The molecule has 1 unspecified atom stereocenters. The van der Waals surface area contributed by atoms with Crippen LogP contribution in [-0.4, -0.2) is 32.3 Å². The molecule has 0 aliphatic carbocycles. The summed E-state index contributed by atoms with van der Waals surface area (Å²) in [5.41, 5.74) is 0. The van der Waals surface area contributed by atoms with Gasteiger partial charge in [0.2, 0.25) is 6.79 Å². The van der Waals surface area contributed by atoms with E-state index in [0.717, 1.165) is 0 Å². The minimum absolute atomic E-state index is 0.0536. The molecule has 0 bridgehead atoms. The number of carbonyl (C=O) groups is 1. The molecule has 0 saturated carbocycles. The summed E-state index contributed by atoms with van der Waals surface area (Å²) >= 11 is 0. The van der Waals surface area contributed by atoms with Crippen molar-refractivity contribution in [1.29, 1.82) is 0 Å². The molecule has 12 heavy (non-hydrogen) atoms. The molecule has 0 amide bonds. The topological polar surface area (TPSA) is 57.3 Å². The maximum Gasteiger partial charge on any atom is 0.511 e. The van der Waals surface area contributed by atoms with Crippen LogP contribution in [0.3, 0.4) is 0 Å². The van der Waals surface area contributed by atoms with Gasteiger partial charge < -0.3 is 18.9 Å². The van der Waals surface area contributed by atoms with Crippen molar-refractivity contribution in [2.75, 3.05) is 20.0 Å². The lowest BCUT2D eigenvalue weighted by Crippen LogP contribution is -2.12. The van der Waals surface area contributed by atoms with Crippen molar-refractivity contribution < 1.29 is 23.7 Å². The zero-order chi connectivity index (χ0) is 8.81. The number of epoxide rings is 1. The van der Waals surface area contributed by atoms with E-state index in [1.165, 1.54) is 6.26 Å². The molecule has 5 heteroatoms. The van der Waals surface area contributed by atoms with Crippen LogP contribution in [0, 0.1) is 0 Å². The summed E-state index contributed by atoms with van der Waals surface area (Å²) in [6.07, 6.45) is 0.474. The van der Waals surface area contributed by atoms with Gasteiger partial charge in [-0.25, -0.2) is 4.79 Å². The smallest absolute Gasteiger partial charge is 0.465 e. The van der Waals surface area contributed by atoms with E-state index in [-0.39, 0.29) is 19.5 Å². The van der Waals surface area contributed by atoms with Crippen LogP contribution in [0.15, 0.2) is 12.8 Å². The van der Waals surface area contributed by atoms with E-state index in [9.17, 15) is 4.79 Å². The van der Waals surface area contributed by atoms with E-state index >= 15 is 0 Å². The van der Waals surface area contributed by atoms with Crippen LogP contribution in [0.25, 0.3) is 0 Å². The Bertz CT molecular complexity index is 163. The second kappa shape index (κ2) is 4.61. The van der Waals surface area contributed by atoms with Crippen molar-refractivity contribution >= 4 is 6.16 Å². The fourth-order valence-electron chi connectivity index (χ4n) is 0.497. The third-order valence-corrected chi connectivity index (χ3v) is 1.15. The molecule has 0 spiro atoms. The van der Waals surface area contributed by atoms with Crippen LogP contribution < -0.4 is 0 Å². The average Bonchev–Trinajstić information content (AvgIpc) is 2.84. The van der Waals surface area contributed by atoms with E-state index in [0.29, 0.717) is 6.61 Å². The highest BCUT2D eigenvalue weighted by Gasteiger charge is 2.24. The molecule has 0 radical (unpaired) electrons. The zero-order valence-electron chi connectivity index (χ0n) is 6.52. The van der Waals surface area contributed by atoms with Crippen molar-refractivity contribution in [3.8, 4) is 0 Å². The Hall–Kier alpha value is -1.23. The molecule has 1 saturated heterocycles. The first kappa shape index (κ1) is 8.86. The highest BCUT2D eigenvalue weighted by molar-refractivity contribution is 5.59. The molecule has 0 aromatic carbocycles. The standard InChI is InChI=1S/C7H10O5/c1-2-9-5-12-7(8)11-4-6-3-10-6/h2,6H,1,3-5H2. The van der Waals surface area contributed by atoms with Gasteiger partial charge in [0.15, 0.2) is 0 Å². The highest BCUT2D eigenvalue weighted by atomic mass is 16.8. The van der Waals surface area contributed by atoms with Gasteiger partial charge in [-0.05, 0) is 0 Å². The maximum absolute atomic E-state index is 10.6. The summed E-state index contributed by atoms with van der Waals surface area (Å²) in [5, 5.41) is 0. The summed E-state index contributed by atoms with van der Waals surface area (Å²) in [6.45, 7) is 3.99. The first-order chi connectivity index (χ1) is 5.83. The number of hydrogen-bond acceptors (Lipinski definition) is 5. The molecule has 68 valence electrons. The lowest BCUT2D eigenvalue weighted by atomic mass is 10.5. The van der Waals surface area contributed by atoms with Crippen LogP contribution in [0.1, 0.15) is 0 Å². The Balaban J connectivity index is 1.91. The van der Waals surface area contributed by atoms with E-state index in [1.54, 1.807) is 0 Å². The molecule has 1 rings (SSSR count). The SMILES string of the molecule is C=COCOC(=O)OCC1CO1. The molecule has 1 atom stereocenters. The van der Waals surface area contributed by atoms with Crippen LogP contribution in [0.4, 0.5) is 4.79 Å². The van der Waals surface area contributed by atoms with Crippen molar-refractivity contribution in [3.05, 3.63) is 12.8 Å². The van der Waals surface area contributed by atoms with E-state index in [1.807, 2.05) is 0 Å². The normalized spacial score (nSPS) is 19.5. The van der Waals surface area contributed by atoms with E-state index in [4.69, 9.17) is 4.74 Å². The van der Waals surface area contributed by atoms with E-state index < -0.39 is 6.16 Å². The largest absolute Gasteiger partial charge is 0.511 e. The van der Waals surface area contributed by atoms with Crippen LogP contribution in [-0.2, 0) is 18.9 Å². The fourth-order valence-corrected chi connectivity index (χ4v) is 0.497. The molecule has 1 aliphatic heterocycles. The third-order valence-electron chi connectivity index (χ3n) is 1.15. The summed E-state index contributed by atoms with van der Waals surface area (Å²) < 4.78 is 18.4. The van der Waals surface area contributed by atoms with Gasteiger partial charge >= 0.3 is 6.16 Å². The van der Waals surface area contributed by atoms with E-state index in [2.05, 4.69) is 20.8 Å². The van der Waals surface area contributed by atoms with Crippen molar-refractivity contribution in [1.82, 2.24) is 0 Å². The summed E-state index contributed by atoms with van der Waals surface area (Å²) in [5.74, 6) is 0. The first-order valence-corrected chi connectivity index (χ1v) is 3.46. The summed E-state index contributed by atoms with van der Waals surface area (Å²) in [7, 11) is 0. The zero-order valence-corrected chi connectivity index (χ0v) is 6.52. The number of carbonyl (C=O) groups excluding carboxylic acids is 1. The third kappa shape index (κ3) is 3.82. The summed E-state index contributed by atoms with van der Waals surface area (Å²) in [4.78, 5) is 10.6. The average molecular weight is 174 g/mol. The van der Waals surface area contributed by atoms with Gasteiger partial charge in [0, 0.05) is 0 Å². The van der Waals surface area contributed by atoms with Gasteiger partial charge in [-0.2, -0.15) is 0 Å². The van der Waals surface area contributed by atoms with Crippen LogP contribution in [0.2, 0.25) is 0 Å². The lowest BCUT2D eigenvalue weighted by molar-refractivity contribution is -0.0139. The molecule has 1 heterocycles. The predicted molar refractivity (Wildman–Crippen MR) is 38.3 cm³/mol. The number of hydrogen-bond donors (Lipinski definition) is 0. The molecule has 0 aromatic rings. The molecule has 5 nitrogen and oxygen atoms in total. The van der Waals surface area contributed by atoms with Gasteiger partial charge in [-0.15, -0.1) is 0 Å². The van der Waals surface area contributed by atoms with Crippen molar-refractivity contribution in [2.45, 2.75) is 6.10 Å². The molecule has 1 fully saturated rings.